The summed E-state index contributed by atoms with van der Waals surface area (Å²) in [5, 5.41) is 49.0. The summed E-state index contributed by atoms with van der Waals surface area (Å²) in [7, 11) is -5.23. The summed E-state index contributed by atoms with van der Waals surface area (Å²) in [6.45, 7) is 1.66. The van der Waals surface area contributed by atoms with Crippen molar-refractivity contribution in [2.75, 3.05) is 0 Å². The van der Waals surface area contributed by atoms with Gasteiger partial charge in [-0.2, -0.15) is 0 Å². The summed E-state index contributed by atoms with van der Waals surface area (Å²) >= 11 is 0. The molecule has 0 bridgehead atoms. The predicted molar refractivity (Wildman–Crippen MR) is 90.4 cm³/mol. The van der Waals surface area contributed by atoms with Crippen molar-refractivity contribution >= 4 is 18.8 Å². The van der Waals surface area contributed by atoms with Crippen molar-refractivity contribution in [3.8, 4) is 5.75 Å². The Morgan fingerprint density at radius 1 is 1.00 bits per heavy atom. The van der Waals surface area contributed by atoms with Crippen LogP contribution in [0.15, 0.2) is 33.5 Å². The summed E-state index contributed by atoms with van der Waals surface area (Å²) in [5.41, 5.74) is 0.0298. The van der Waals surface area contributed by atoms with Gasteiger partial charge in [0.25, 0.3) is 0 Å². The van der Waals surface area contributed by atoms with Gasteiger partial charge in [-0.05, 0) is 24.6 Å². The van der Waals surface area contributed by atoms with Crippen LogP contribution in [-0.2, 0) is 9.09 Å². The van der Waals surface area contributed by atoms with Crippen molar-refractivity contribution in [2.45, 2.75) is 43.5 Å². The monoisotopic (exact) mass is 424 g/mol. The van der Waals surface area contributed by atoms with E-state index >= 15 is 0 Å². The maximum atomic E-state index is 12.2. The number of rotatable bonds is 4. The molecule has 2 aromatic rings. The second-order valence-electron chi connectivity index (χ2n) is 6.47. The summed E-state index contributed by atoms with van der Waals surface area (Å²) in [6, 6.07) is 5.13. The van der Waals surface area contributed by atoms with E-state index < -0.39 is 50.1 Å². The number of phosphoric ester groups is 1. The van der Waals surface area contributed by atoms with E-state index in [1.807, 2.05) is 0 Å². The van der Waals surface area contributed by atoms with Crippen LogP contribution >= 0.6 is 7.82 Å². The Balaban J connectivity index is 0.00000300. The molecule has 13 heteroatoms. The van der Waals surface area contributed by atoms with E-state index in [0.29, 0.717) is 10.9 Å². The number of hydrogen-bond acceptors (Lipinski definition) is 11. The van der Waals surface area contributed by atoms with Crippen molar-refractivity contribution in [1.29, 1.82) is 0 Å². The third-order valence-corrected chi connectivity index (χ3v) is 5.40. The van der Waals surface area contributed by atoms with Gasteiger partial charge in [0.2, 0.25) is 0 Å². The molecule has 154 valence electrons. The van der Waals surface area contributed by atoms with Crippen LogP contribution in [0.25, 0.3) is 11.0 Å². The minimum atomic E-state index is -5.23. The molecule has 0 aliphatic heterocycles. The minimum Gasteiger partial charge on any atom is -0.746 e. The number of aliphatic hydroxyl groups is 5. The largest absolute Gasteiger partial charge is 1.00 e. The van der Waals surface area contributed by atoms with E-state index in [9.17, 15) is 39.8 Å². The zero-order chi connectivity index (χ0) is 20.8. The summed E-state index contributed by atoms with van der Waals surface area (Å²) in [5.74, 6) is -0.277. The van der Waals surface area contributed by atoms with Crippen LogP contribution < -0.4 is 33.9 Å². The second kappa shape index (κ2) is 8.87. The molecule has 0 spiro atoms. The first-order valence-electron chi connectivity index (χ1n) is 8.14. The maximum absolute atomic E-state index is 12.2. The van der Waals surface area contributed by atoms with Gasteiger partial charge in [0.05, 0.1) is 0 Å². The summed E-state index contributed by atoms with van der Waals surface area (Å²) < 4.78 is 26.5. The zero-order valence-corrected chi connectivity index (χ0v) is 16.3. The Bertz CT molecular complexity index is 963. The van der Waals surface area contributed by atoms with Gasteiger partial charge in [-0.15, -0.1) is 0 Å². The van der Waals surface area contributed by atoms with E-state index in [2.05, 4.69) is 4.52 Å². The molecule has 1 aliphatic rings. The first-order chi connectivity index (χ1) is 13.0. The van der Waals surface area contributed by atoms with Crippen LogP contribution in [0.3, 0.4) is 0 Å². The maximum Gasteiger partial charge on any atom is 1.00 e. The Labute approximate surface area is 175 Å². The topological polar surface area (TPSA) is 190 Å². The molecule has 1 saturated carbocycles. The Morgan fingerprint density at radius 2 is 1.55 bits per heavy atom. The number of hydrogen-bond donors (Lipinski definition) is 5. The molecule has 3 unspecified atom stereocenters. The van der Waals surface area contributed by atoms with E-state index in [1.54, 1.807) is 6.92 Å². The third-order valence-electron chi connectivity index (χ3n) is 4.46. The van der Waals surface area contributed by atoms with Crippen LogP contribution in [0.5, 0.6) is 5.75 Å². The number of aryl methyl sites for hydroxylation is 1. The number of phosphoric acid groups is 1. The van der Waals surface area contributed by atoms with Gasteiger partial charge < -0.3 is 43.9 Å². The van der Waals surface area contributed by atoms with Gasteiger partial charge in [-0.3, -0.25) is 4.57 Å². The van der Waals surface area contributed by atoms with E-state index in [4.69, 9.17) is 8.94 Å². The smallest absolute Gasteiger partial charge is 0.746 e. The van der Waals surface area contributed by atoms with Gasteiger partial charge in [-0.25, -0.2) is 4.79 Å². The molecule has 29 heavy (non-hydrogen) atoms. The molecular weight excluding hydrogens is 406 g/mol. The molecule has 0 radical (unpaired) electrons. The molecule has 1 aromatic heterocycles. The first-order valence-corrected chi connectivity index (χ1v) is 9.60. The van der Waals surface area contributed by atoms with Gasteiger partial charge in [0, 0.05) is 17.5 Å². The van der Waals surface area contributed by atoms with Gasteiger partial charge >= 0.3 is 32.3 Å². The molecular formula is C16H18LiO11P. The Morgan fingerprint density at radius 3 is 2.14 bits per heavy atom. The molecule has 5 N–H and O–H groups in total. The first kappa shape index (κ1) is 24.1. The quantitative estimate of drug-likeness (QED) is 0.180. The fourth-order valence-corrected chi connectivity index (χ4v) is 3.95. The number of benzene rings is 1. The minimum absolute atomic E-state index is 0. The predicted octanol–water partition coefficient (Wildman–Crippen LogP) is -4.84. The zero-order valence-electron chi connectivity index (χ0n) is 15.4. The van der Waals surface area contributed by atoms with Crippen molar-refractivity contribution in [2.24, 2.45) is 0 Å². The SMILES string of the molecule is Cc1cc(=O)oc2cc(OP(=O)([O-])OC3[C@@H](O)[C@H](O)C(O)[C@H](O)[C@@H]3O)ccc12.[Li+]. The van der Waals surface area contributed by atoms with Crippen LogP contribution in [0.4, 0.5) is 0 Å². The fraction of sp³-hybridized carbons (Fsp3) is 0.438. The average Bonchev–Trinajstić information content (AvgIpc) is 2.61. The molecule has 1 aromatic carbocycles. The molecule has 11 nitrogen and oxygen atoms in total. The normalized spacial score (nSPS) is 31.7. The fourth-order valence-electron chi connectivity index (χ4n) is 2.98. The van der Waals surface area contributed by atoms with Crippen molar-refractivity contribution in [1.82, 2.24) is 0 Å². The molecule has 1 heterocycles. The molecule has 0 amide bonds. The third kappa shape index (κ3) is 4.92. The number of aliphatic hydroxyl groups excluding tert-OH is 5. The van der Waals surface area contributed by atoms with Crippen molar-refractivity contribution in [3.05, 3.63) is 40.2 Å². The standard InChI is InChI=1S/C16H19O11P.Li/c1-6-4-10(17)25-9-5-7(2-3-8(6)9)26-28(23,24)27-16-14(21)12(19)11(18)13(20)15(16)22;/h2-5,11-16,18-22H,1H3,(H,23,24);/q;+1/p-1/t11?,12-,13+,14-,15-,16?;/m0./s1. The van der Waals surface area contributed by atoms with Crippen molar-refractivity contribution in [3.63, 3.8) is 0 Å². The second-order valence-corrected chi connectivity index (χ2v) is 7.76. The van der Waals surface area contributed by atoms with E-state index in [1.165, 1.54) is 18.2 Å². The van der Waals surface area contributed by atoms with E-state index in [0.717, 1.165) is 6.07 Å². The molecule has 1 aliphatic carbocycles. The van der Waals surface area contributed by atoms with Crippen LogP contribution in [0.2, 0.25) is 0 Å². The average molecular weight is 424 g/mol. The van der Waals surface area contributed by atoms with Crippen LogP contribution in [-0.4, -0.2) is 62.2 Å². The molecule has 7 atom stereocenters. The summed E-state index contributed by atoms with van der Waals surface area (Å²) in [4.78, 5) is 23.6. The van der Waals surface area contributed by atoms with Gasteiger partial charge in [0.15, 0.2) is 0 Å². The van der Waals surface area contributed by atoms with Gasteiger partial charge in [0.1, 0.15) is 48.0 Å². The number of fused-ring (bicyclic) bond motifs is 1. The molecule has 3 rings (SSSR count). The van der Waals surface area contributed by atoms with Gasteiger partial charge in [-0.1, -0.05) is 0 Å². The Hall–Kier alpha value is -1.22. The van der Waals surface area contributed by atoms with Crippen LogP contribution in [0.1, 0.15) is 5.56 Å². The summed E-state index contributed by atoms with van der Waals surface area (Å²) in [6.07, 6.45) is -11.8. The molecule has 1 fully saturated rings. The molecule has 0 saturated heterocycles. The van der Waals surface area contributed by atoms with Crippen molar-refractivity contribution < 1.29 is 67.3 Å². The van der Waals surface area contributed by atoms with Crippen LogP contribution in [0, 0.1) is 6.92 Å². The van der Waals surface area contributed by atoms with E-state index in [-0.39, 0.29) is 30.2 Å². The Kier molecular flexibility index (Phi) is 7.36.